The quantitative estimate of drug-likeness (QED) is 0.191. The highest BCUT2D eigenvalue weighted by Crippen LogP contribution is 2.77. The molecule has 0 heterocycles. The van der Waals surface area contributed by atoms with Gasteiger partial charge in [-0.15, -0.1) is 0 Å². The highest BCUT2D eigenvalue weighted by atomic mass is 16.5. The maximum Gasteiger partial charge on any atom is 0.309 e. The van der Waals surface area contributed by atoms with Crippen LogP contribution in [0.2, 0.25) is 0 Å². The molecule has 0 aromatic rings. The number of ether oxygens (including phenoxy) is 1. The van der Waals surface area contributed by atoms with Gasteiger partial charge in [0.25, 0.3) is 0 Å². The van der Waals surface area contributed by atoms with E-state index in [2.05, 4.69) is 67.6 Å². The van der Waals surface area contributed by atoms with E-state index in [0.717, 1.165) is 56.9 Å². The van der Waals surface area contributed by atoms with Crippen molar-refractivity contribution < 1.29 is 34.1 Å². The van der Waals surface area contributed by atoms with E-state index in [0.29, 0.717) is 24.8 Å². The lowest BCUT2D eigenvalue weighted by molar-refractivity contribution is -0.235. The third-order valence-electron chi connectivity index (χ3n) is 16.3. The van der Waals surface area contributed by atoms with Crippen LogP contribution in [-0.2, 0) is 23.9 Å². The van der Waals surface area contributed by atoms with Crippen LogP contribution in [0.5, 0.6) is 0 Å². The van der Waals surface area contributed by atoms with E-state index in [1.807, 2.05) is 4.90 Å². The minimum atomic E-state index is -1.17. The Hall–Kier alpha value is -2.26. The number of esters is 1. The van der Waals surface area contributed by atoms with Crippen LogP contribution in [0.25, 0.3) is 0 Å². The summed E-state index contributed by atoms with van der Waals surface area (Å²) in [5.74, 6) is -0.224. The molecule has 4 saturated carbocycles. The number of aliphatic hydroxyl groups excluding tert-OH is 1. The van der Waals surface area contributed by atoms with Crippen LogP contribution in [0.15, 0.2) is 11.1 Å². The van der Waals surface area contributed by atoms with Crippen LogP contribution in [0.3, 0.4) is 0 Å². The van der Waals surface area contributed by atoms with Crippen LogP contribution < -0.4 is 5.32 Å². The Kier molecular flexibility index (Phi) is 10.9. The van der Waals surface area contributed by atoms with Gasteiger partial charge in [0.2, 0.25) is 5.91 Å². The smallest absolute Gasteiger partial charge is 0.309 e. The topological polar surface area (TPSA) is 133 Å². The molecule has 9 nitrogen and oxygen atoms in total. The number of carboxylic acid groups (broad SMARTS) is 1. The summed E-state index contributed by atoms with van der Waals surface area (Å²) in [6, 6.07) is 0.0658. The molecule has 3 N–H and O–H groups in total. The summed E-state index contributed by atoms with van der Waals surface area (Å²) >= 11 is 0. The van der Waals surface area contributed by atoms with Gasteiger partial charge in [0.05, 0.1) is 24.5 Å². The third-order valence-corrected chi connectivity index (χ3v) is 16.3. The van der Waals surface area contributed by atoms with Crippen molar-refractivity contribution in [2.45, 2.75) is 159 Å². The minimum absolute atomic E-state index is 0.0211. The van der Waals surface area contributed by atoms with Crippen LogP contribution in [0.4, 0.5) is 0 Å². The largest absolute Gasteiger partial charge is 0.481 e. The van der Waals surface area contributed by atoms with Crippen LogP contribution in [0, 0.1) is 56.2 Å². The fourth-order valence-electron chi connectivity index (χ4n) is 13.0. The number of nitrogens with one attached hydrogen (secondary N) is 1. The van der Waals surface area contributed by atoms with Crippen molar-refractivity contribution in [1.82, 2.24) is 10.2 Å². The number of aliphatic carboxylic acids is 1. The second-order valence-electron chi connectivity index (χ2n) is 20.3. The molecule has 52 heavy (non-hydrogen) atoms. The third kappa shape index (κ3) is 6.29. The highest BCUT2D eigenvalue weighted by molar-refractivity contribution is 6.00. The maximum absolute atomic E-state index is 14.1. The fourth-order valence-corrected chi connectivity index (χ4v) is 13.0. The van der Waals surface area contributed by atoms with Gasteiger partial charge in [-0.1, -0.05) is 54.0 Å². The molecule has 5 rings (SSSR count). The molecule has 9 unspecified atom stereocenters. The molecule has 0 bridgehead atoms. The molecule has 0 aromatic carbocycles. The molecule has 294 valence electrons. The summed E-state index contributed by atoms with van der Waals surface area (Å²) in [5.41, 5.74) is 0.158. The second-order valence-corrected chi connectivity index (χ2v) is 20.3. The lowest BCUT2D eigenvalue weighted by Crippen LogP contribution is -2.66. The van der Waals surface area contributed by atoms with Gasteiger partial charge in [-0.25, -0.2) is 0 Å². The van der Waals surface area contributed by atoms with Crippen LogP contribution >= 0.6 is 0 Å². The first-order chi connectivity index (χ1) is 23.9. The van der Waals surface area contributed by atoms with Crippen molar-refractivity contribution in [3.05, 3.63) is 11.1 Å². The molecule has 5 aliphatic carbocycles. The zero-order valence-corrected chi connectivity index (χ0v) is 34.4. The molecule has 0 aromatic heterocycles. The average Bonchev–Trinajstić information content (AvgIpc) is 3.35. The summed E-state index contributed by atoms with van der Waals surface area (Å²) in [5, 5.41) is 24.7. The molecule has 0 spiro atoms. The Morgan fingerprint density at radius 3 is 2.15 bits per heavy atom. The number of allylic oxidation sites excluding steroid dienone is 1. The van der Waals surface area contributed by atoms with E-state index >= 15 is 0 Å². The SMILES string of the molecule is CNC(=O)CN(CC(O)C12CCC3(C)C(CCC4C5(C)CCC(OC(=O)CC(C)(C)C(=O)O)C(C)(C)C5CCC43C)C1=C(C(C)C)C(=O)C2)C(C)C. The van der Waals surface area contributed by atoms with E-state index in [-0.39, 0.29) is 70.3 Å². The predicted molar refractivity (Wildman–Crippen MR) is 202 cm³/mol. The summed E-state index contributed by atoms with van der Waals surface area (Å²) < 4.78 is 6.16. The molecular formula is C43H70N2O7. The number of carbonyl (C=O) groups excluding carboxylic acids is 3. The Bertz CT molecular complexity index is 1480. The van der Waals surface area contributed by atoms with Gasteiger partial charge < -0.3 is 20.3 Å². The standard InChI is InChI=1S/C43H70N2O7/c1-25(2)35-28(46)21-43(31(47)23-45(26(3)4)24-33(48)44-12)20-19-41(10)27(36(35)43)13-14-30-40(9)17-16-32(52-34(49)22-38(5,6)37(50)51)39(7,8)29(40)15-18-42(30,41)11/h25-27,29-32,47H,13-24H2,1-12H3,(H,44,48)(H,50,51). The Morgan fingerprint density at radius 1 is 0.923 bits per heavy atom. The number of nitrogens with zero attached hydrogens (tertiary/aromatic N) is 1. The molecule has 0 aliphatic heterocycles. The predicted octanol–water partition coefficient (Wildman–Crippen LogP) is 7.20. The molecule has 0 radical (unpaired) electrons. The number of amides is 1. The van der Waals surface area contributed by atoms with Gasteiger partial charge in [-0.3, -0.25) is 24.1 Å². The summed E-state index contributed by atoms with van der Waals surface area (Å²) in [4.78, 5) is 53.4. The van der Waals surface area contributed by atoms with Crippen LogP contribution in [-0.4, -0.2) is 77.1 Å². The van der Waals surface area contributed by atoms with Crippen molar-refractivity contribution in [3.63, 3.8) is 0 Å². The van der Waals surface area contributed by atoms with E-state index in [1.54, 1.807) is 20.9 Å². The first-order valence-electron chi connectivity index (χ1n) is 20.3. The Labute approximate surface area is 313 Å². The van der Waals surface area contributed by atoms with Gasteiger partial charge in [0, 0.05) is 36.9 Å². The number of carbonyl (C=O) groups is 4. The number of fused-ring (bicyclic) bond motifs is 7. The molecule has 4 fully saturated rings. The molecule has 1 amide bonds. The number of carboxylic acids is 1. The van der Waals surface area contributed by atoms with E-state index in [9.17, 15) is 29.4 Å². The molecular weight excluding hydrogens is 656 g/mol. The van der Waals surface area contributed by atoms with E-state index < -0.39 is 28.9 Å². The number of likely N-dealkylation sites (N-methyl/N-ethyl adjacent to an activating group) is 1. The number of rotatable bonds is 11. The van der Waals surface area contributed by atoms with E-state index in [4.69, 9.17) is 4.74 Å². The lowest BCUT2D eigenvalue weighted by Gasteiger charge is -2.72. The Morgan fingerprint density at radius 2 is 1.58 bits per heavy atom. The highest BCUT2D eigenvalue weighted by Gasteiger charge is 2.71. The number of aliphatic hydroxyl groups is 1. The normalized spacial score (nSPS) is 37.7. The number of hydrogen-bond acceptors (Lipinski definition) is 7. The van der Waals surface area contributed by atoms with E-state index in [1.165, 1.54) is 5.57 Å². The molecule has 0 saturated heterocycles. The Balaban J connectivity index is 1.46. The summed E-state index contributed by atoms with van der Waals surface area (Å²) in [6.45, 7) is 24.2. The monoisotopic (exact) mass is 727 g/mol. The van der Waals surface area contributed by atoms with Gasteiger partial charge in [0.15, 0.2) is 5.78 Å². The van der Waals surface area contributed by atoms with Crippen molar-refractivity contribution in [2.75, 3.05) is 20.1 Å². The lowest BCUT2D eigenvalue weighted by atomic mass is 9.33. The summed E-state index contributed by atoms with van der Waals surface area (Å²) in [7, 11) is 1.64. The summed E-state index contributed by atoms with van der Waals surface area (Å²) in [6.07, 6.45) is 6.77. The van der Waals surface area contributed by atoms with Crippen molar-refractivity contribution >= 4 is 23.6 Å². The van der Waals surface area contributed by atoms with Gasteiger partial charge in [-0.2, -0.15) is 0 Å². The number of ketones is 1. The zero-order chi connectivity index (χ0) is 39.0. The maximum atomic E-state index is 14.1. The first kappa shape index (κ1) is 40.9. The van der Waals surface area contributed by atoms with Crippen molar-refractivity contribution in [1.29, 1.82) is 0 Å². The van der Waals surface area contributed by atoms with Crippen molar-refractivity contribution in [3.8, 4) is 0 Å². The van der Waals surface area contributed by atoms with Crippen molar-refractivity contribution in [2.24, 2.45) is 56.2 Å². The number of Topliss-reactive ketones (excluding diaryl/α,β-unsaturated/α-hetero) is 1. The zero-order valence-electron chi connectivity index (χ0n) is 34.4. The van der Waals surface area contributed by atoms with Gasteiger partial charge in [0.1, 0.15) is 6.10 Å². The number of hydrogen-bond donors (Lipinski definition) is 3. The molecule has 5 aliphatic rings. The minimum Gasteiger partial charge on any atom is -0.481 e. The van der Waals surface area contributed by atoms with Gasteiger partial charge >= 0.3 is 11.9 Å². The first-order valence-corrected chi connectivity index (χ1v) is 20.3. The molecule has 9 atom stereocenters. The average molecular weight is 727 g/mol. The van der Waals surface area contributed by atoms with Gasteiger partial charge in [-0.05, 0) is 125 Å². The molecule has 9 heteroatoms. The fraction of sp³-hybridized carbons (Fsp3) is 0.860. The second kappa shape index (κ2) is 13.8. The van der Waals surface area contributed by atoms with Crippen LogP contribution in [0.1, 0.15) is 140 Å².